The number of hydrogen-bond acceptors (Lipinski definition) is 4. The highest BCUT2D eigenvalue weighted by atomic mass is 79.9. The van der Waals surface area contributed by atoms with Crippen LogP contribution in [-0.4, -0.2) is 26.4 Å². The molecule has 0 atom stereocenters. The summed E-state index contributed by atoms with van der Waals surface area (Å²) in [5.41, 5.74) is 2.86. The number of nitrogens with zero attached hydrogens (tertiary/aromatic N) is 3. The lowest BCUT2D eigenvalue weighted by Crippen LogP contribution is -2.14. The van der Waals surface area contributed by atoms with E-state index in [1.807, 2.05) is 60.0 Å². The number of halogens is 1. The fourth-order valence-electron chi connectivity index (χ4n) is 2.49. The third kappa shape index (κ3) is 4.87. The molecule has 0 fully saturated rings. The zero-order valence-corrected chi connectivity index (χ0v) is 17.3. The van der Waals surface area contributed by atoms with E-state index >= 15 is 0 Å². The number of benzene rings is 2. The maximum atomic E-state index is 12.3. The summed E-state index contributed by atoms with van der Waals surface area (Å²) in [6.45, 7) is 6.39. The van der Waals surface area contributed by atoms with Gasteiger partial charge in [0.15, 0.2) is 11.0 Å². The molecule has 27 heavy (non-hydrogen) atoms. The molecule has 2 aromatic carbocycles. The van der Waals surface area contributed by atoms with Crippen molar-refractivity contribution in [2.75, 3.05) is 11.1 Å². The second kappa shape index (κ2) is 9.01. The number of amides is 1. The van der Waals surface area contributed by atoms with Gasteiger partial charge < -0.3 is 5.32 Å². The van der Waals surface area contributed by atoms with E-state index in [2.05, 4.69) is 38.0 Å². The van der Waals surface area contributed by atoms with Crippen molar-refractivity contribution in [1.82, 2.24) is 14.8 Å². The normalized spacial score (nSPS) is 10.6. The van der Waals surface area contributed by atoms with Crippen LogP contribution in [0.5, 0.6) is 0 Å². The topological polar surface area (TPSA) is 59.8 Å². The summed E-state index contributed by atoms with van der Waals surface area (Å²) >= 11 is 4.83. The molecule has 1 amide bonds. The Morgan fingerprint density at radius 1 is 1.26 bits per heavy atom. The molecule has 1 N–H and O–H groups in total. The van der Waals surface area contributed by atoms with Crippen molar-refractivity contribution in [2.45, 2.75) is 18.6 Å². The monoisotopic (exact) mass is 442 g/mol. The lowest BCUT2D eigenvalue weighted by Gasteiger charge is -2.09. The Bertz CT molecular complexity index is 956. The summed E-state index contributed by atoms with van der Waals surface area (Å²) in [5.74, 6) is 0.918. The lowest BCUT2D eigenvalue weighted by atomic mass is 10.2. The van der Waals surface area contributed by atoms with Gasteiger partial charge in [-0.3, -0.25) is 9.36 Å². The van der Waals surface area contributed by atoms with Crippen LogP contribution in [0, 0.1) is 6.92 Å². The molecule has 0 radical (unpaired) electrons. The van der Waals surface area contributed by atoms with E-state index < -0.39 is 0 Å². The van der Waals surface area contributed by atoms with Gasteiger partial charge in [0, 0.05) is 22.3 Å². The van der Waals surface area contributed by atoms with E-state index in [9.17, 15) is 4.79 Å². The molecule has 0 aliphatic heterocycles. The number of carbonyl (C=O) groups excluding carboxylic acids is 1. The number of aryl methyl sites for hydroxylation is 1. The van der Waals surface area contributed by atoms with Gasteiger partial charge >= 0.3 is 0 Å². The van der Waals surface area contributed by atoms with Gasteiger partial charge in [0.05, 0.1) is 5.75 Å². The van der Waals surface area contributed by atoms with Crippen LogP contribution in [0.2, 0.25) is 0 Å². The van der Waals surface area contributed by atoms with Gasteiger partial charge in [-0.25, -0.2) is 0 Å². The van der Waals surface area contributed by atoms with E-state index in [1.54, 1.807) is 6.08 Å². The number of carbonyl (C=O) groups is 1. The van der Waals surface area contributed by atoms with Crippen molar-refractivity contribution < 1.29 is 4.79 Å². The number of thioether (sulfide) groups is 1. The van der Waals surface area contributed by atoms with Crippen molar-refractivity contribution in [2.24, 2.45) is 0 Å². The van der Waals surface area contributed by atoms with Crippen molar-refractivity contribution in [3.63, 3.8) is 0 Å². The molecule has 0 saturated heterocycles. The van der Waals surface area contributed by atoms with Gasteiger partial charge in [-0.1, -0.05) is 70.2 Å². The fraction of sp³-hybridized carbons (Fsp3) is 0.150. The van der Waals surface area contributed by atoms with Crippen LogP contribution in [0.15, 0.2) is 70.8 Å². The second-order valence-electron chi connectivity index (χ2n) is 5.87. The molecule has 3 aromatic rings. The summed E-state index contributed by atoms with van der Waals surface area (Å²) in [6, 6.07) is 15.6. The molecule has 0 aliphatic rings. The van der Waals surface area contributed by atoms with Crippen molar-refractivity contribution >= 4 is 39.3 Å². The zero-order valence-electron chi connectivity index (χ0n) is 14.9. The molecule has 0 unspecified atom stereocenters. The molecule has 7 heteroatoms. The summed E-state index contributed by atoms with van der Waals surface area (Å²) in [4.78, 5) is 12.3. The summed E-state index contributed by atoms with van der Waals surface area (Å²) in [5, 5.41) is 12.1. The number of allylic oxidation sites excluding steroid dienone is 1. The van der Waals surface area contributed by atoms with E-state index in [-0.39, 0.29) is 11.7 Å². The molecule has 3 rings (SSSR count). The SMILES string of the molecule is C=CCn1c(SCC(=O)Nc2ccc(C)c(Br)c2)nnc1-c1ccccc1. The molecule has 1 aromatic heterocycles. The highest BCUT2D eigenvalue weighted by molar-refractivity contribution is 9.10. The summed E-state index contributed by atoms with van der Waals surface area (Å²) in [6.07, 6.45) is 1.80. The smallest absolute Gasteiger partial charge is 0.234 e. The Morgan fingerprint density at radius 3 is 2.74 bits per heavy atom. The van der Waals surface area contributed by atoms with Crippen LogP contribution >= 0.6 is 27.7 Å². The fourth-order valence-corrected chi connectivity index (χ4v) is 3.61. The first-order valence-electron chi connectivity index (χ1n) is 8.37. The molecule has 1 heterocycles. The second-order valence-corrected chi connectivity index (χ2v) is 7.67. The minimum Gasteiger partial charge on any atom is -0.325 e. The van der Waals surface area contributed by atoms with Crippen LogP contribution in [0.4, 0.5) is 5.69 Å². The molecule has 5 nitrogen and oxygen atoms in total. The van der Waals surface area contributed by atoms with Crippen LogP contribution in [-0.2, 0) is 11.3 Å². The molecule has 0 saturated carbocycles. The highest BCUT2D eigenvalue weighted by Crippen LogP contribution is 2.25. The minimum absolute atomic E-state index is 0.0924. The van der Waals surface area contributed by atoms with Gasteiger partial charge in [-0.15, -0.1) is 16.8 Å². The number of aromatic nitrogens is 3. The van der Waals surface area contributed by atoms with Crippen molar-refractivity contribution in [1.29, 1.82) is 0 Å². The van der Waals surface area contributed by atoms with Crippen LogP contribution < -0.4 is 5.32 Å². The average Bonchev–Trinajstić information content (AvgIpc) is 3.07. The first kappa shape index (κ1) is 19.4. The van der Waals surface area contributed by atoms with Gasteiger partial charge in [0.1, 0.15) is 0 Å². The molecule has 0 bridgehead atoms. The van der Waals surface area contributed by atoms with Crippen molar-refractivity contribution in [3.8, 4) is 11.4 Å². The molecular formula is C20H19BrN4OS. The number of hydrogen-bond donors (Lipinski definition) is 1. The Labute approximate surface area is 171 Å². The first-order chi connectivity index (χ1) is 13.1. The minimum atomic E-state index is -0.0924. The van der Waals surface area contributed by atoms with E-state index in [0.29, 0.717) is 11.7 Å². The quantitative estimate of drug-likeness (QED) is 0.416. The van der Waals surface area contributed by atoms with Gasteiger partial charge in [-0.2, -0.15) is 0 Å². The predicted molar refractivity (Wildman–Crippen MR) is 114 cm³/mol. The Balaban J connectivity index is 1.70. The van der Waals surface area contributed by atoms with E-state index in [1.165, 1.54) is 11.8 Å². The van der Waals surface area contributed by atoms with Gasteiger partial charge in [-0.05, 0) is 24.6 Å². The standard InChI is InChI=1S/C20H19BrN4OS/c1-3-11-25-19(15-7-5-4-6-8-15)23-24-20(25)27-13-18(26)22-16-10-9-14(2)17(21)12-16/h3-10,12H,1,11,13H2,2H3,(H,22,26). The highest BCUT2D eigenvalue weighted by Gasteiger charge is 2.15. The van der Waals surface area contributed by atoms with Crippen molar-refractivity contribution in [3.05, 3.63) is 71.2 Å². The van der Waals surface area contributed by atoms with Crippen LogP contribution in [0.25, 0.3) is 11.4 Å². The molecular weight excluding hydrogens is 424 g/mol. The van der Waals surface area contributed by atoms with Gasteiger partial charge in [0.2, 0.25) is 5.91 Å². The Hall–Kier alpha value is -2.38. The Morgan fingerprint density at radius 2 is 2.04 bits per heavy atom. The van der Waals surface area contributed by atoms with E-state index in [4.69, 9.17) is 0 Å². The summed E-state index contributed by atoms with van der Waals surface area (Å²) < 4.78 is 2.93. The lowest BCUT2D eigenvalue weighted by molar-refractivity contribution is -0.113. The van der Waals surface area contributed by atoms with Crippen LogP contribution in [0.1, 0.15) is 5.56 Å². The molecule has 138 valence electrons. The summed E-state index contributed by atoms with van der Waals surface area (Å²) in [7, 11) is 0. The number of nitrogens with one attached hydrogen (secondary N) is 1. The molecule has 0 spiro atoms. The maximum absolute atomic E-state index is 12.3. The zero-order chi connectivity index (χ0) is 19.2. The maximum Gasteiger partial charge on any atom is 0.234 e. The number of rotatable bonds is 7. The number of anilines is 1. The Kier molecular flexibility index (Phi) is 6.47. The van der Waals surface area contributed by atoms with Gasteiger partial charge in [0.25, 0.3) is 0 Å². The third-order valence-electron chi connectivity index (χ3n) is 3.85. The first-order valence-corrected chi connectivity index (χ1v) is 10.1. The van der Waals surface area contributed by atoms with E-state index in [0.717, 1.165) is 27.1 Å². The average molecular weight is 443 g/mol. The largest absolute Gasteiger partial charge is 0.325 e. The van der Waals surface area contributed by atoms with Crippen LogP contribution in [0.3, 0.4) is 0 Å². The molecule has 0 aliphatic carbocycles. The third-order valence-corrected chi connectivity index (χ3v) is 5.67. The predicted octanol–water partition coefficient (Wildman–Crippen LogP) is 4.93.